The van der Waals surface area contributed by atoms with Crippen LogP contribution in [0.4, 0.5) is 4.79 Å². The monoisotopic (exact) mass is 454 g/mol. The molecule has 0 saturated carbocycles. The van der Waals surface area contributed by atoms with Crippen LogP contribution in [-0.2, 0) is 9.59 Å². The molecule has 0 N–H and O–H groups in total. The number of likely N-dealkylation sites (tertiary alicyclic amines) is 1. The van der Waals surface area contributed by atoms with Crippen LogP contribution >= 0.6 is 11.8 Å². The Morgan fingerprint density at radius 3 is 2.50 bits per heavy atom. The maximum atomic E-state index is 13.0. The number of fused-ring (bicyclic) bond motifs is 1. The lowest BCUT2D eigenvalue weighted by atomic mass is 10.0. The first-order chi connectivity index (χ1) is 15.5. The molecular formula is C24H26N2O5S. The third-order valence-corrected chi connectivity index (χ3v) is 6.41. The van der Waals surface area contributed by atoms with Crippen molar-refractivity contribution in [3.63, 3.8) is 0 Å². The lowest BCUT2D eigenvalue weighted by molar-refractivity contribution is -0.135. The second-order valence-electron chi connectivity index (χ2n) is 7.58. The predicted octanol–water partition coefficient (Wildman–Crippen LogP) is 4.30. The Balaban J connectivity index is 1.68. The van der Waals surface area contributed by atoms with Crippen molar-refractivity contribution in [3.8, 4) is 11.5 Å². The van der Waals surface area contributed by atoms with Gasteiger partial charge in [0.15, 0.2) is 0 Å². The molecule has 0 radical (unpaired) electrons. The van der Waals surface area contributed by atoms with E-state index >= 15 is 0 Å². The molecule has 2 fully saturated rings. The fraction of sp³-hybridized carbons (Fsp3) is 0.375. The predicted molar refractivity (Wildman–Crippen MR) is 125 cm³/mol. The number of rotatable bonds is 7. The Labute approximate surface area is 191 Å². The largest absolute Gasteiger partial charge is 0.494 e. The van der Waals surface area contributed by atoms with Gasteiger partial charge < -0.3 is 14.4 Å². The summed E-state index contributed by atoms with van der Waals surface area (Å²) in [6, 6.07) is 9.57. The van der Waals surface area contributed by atoms with Gasteiger partial charge >= 0.3 is 0 Å². The van der Waals surface area contributed by atoms with Crippen LogP contribution in [0.5, 0.6) is 11.5 Å². The Hall–Kier alpha value is -3.00. The third-order valence-electron chi connectivity index (χ3n) is 5.51. The summed E-state index contributed by atoms with van der Waals surface area (Å²) in [5.74, 6) is 0.696. The SMILES string of the molecule is CCOc1ccc2ccc(OCC)c(/C=C3\SC(=O)N(CC(=O)N4CCCC4)C3=O)c2c1. The van der Waals surface area contributed by atoms with E-state index in [1.807, 2.05) is 44.2 Å². The zero-order valence-corrected chi connectivity index (χ0v) is 19.1. The molecule has 2 aromatic carbocycles. The van der Waals surface area contributed by atoms with E-state index in [2.05, 4.69) is 0 Å². The molecule has 8 heteroatoms. The number of carbonyl (C=O) groups is 3. The van der Waals surface area contributed by atoms with Crippen LogP contribution in [0.3, 0.4) is 0 Å². The third kappa shape index (κ3) is 4.46. The molecule has 2 aliphatic heterocycles. The first kappa shape index (κ1) is 22.2. The lowest BCUT2D eigenvalue weighted by Crippen LogP contribution is -2.40. The molecular weight excluding hydrogens is 428 g/mol. The van der Waals surface area contributed by atoms with Crippen LogP contribution in [0.1, 0.15) is 32.3 Å². The topological polar surface area (TPSA) is 76.2 Å². The van der Waals surface area contributed by atoms with E-state index in [1.54, 1.807) is 11.0 Å². The van der Waals surface area contributed by atoms with E-state index in [0.29, 0.717) is 43.4 Å². The van der Waals surface area contributed by atoms with Crippen LogP contribution in [0.15, 0.2) is 35.2 Å². The van der Waals surface area contributed by atoms with Gasteiger partial charge in [-0.05, 0) is 73.5 Å². The lowest BCUT2D eigenvalue weighted by Gasteiger charge is -2.18. The highest BCUT2D eigenvalue weighted by molar-refractivity contribution is 8.18. The Morgan fingerprint density at radius 2 is 1.78 bits per heavy atom. The van der Waals surface area contributed by atoms with Gasteiger partial charge in [-0.15, -0.1) is 0 Å². The summed E-state index contributed by atoms with van der Waals surface area (Å²) in [5.41, 5.74) is 0.710. The summed E-state index contributed by atoms with van der Waals surface area (Å²) in [6.45, 7) is 5.95. The highest BCUT2D eigenvalue weighted by Crippen LogP contribution is 2.38. The Morgan fingerprint density at radius 1 is 1.06 bits per heavy atom. The summed E-state index contributed by atoms with van der Waals surface area (Å²) >= 11 is 0.852. The number of imide groups is 1. The molecule has 2 aromatic rings. The Kier molecular flexibility index (Phi) is 6.69. The average Bonchev–Trinajstić information content (AvgIpc) is 3.41. The van der Waals surface area contributed by atoms with Gasteiger partial charge in [0.05, 0.1) is 18.1 Å². The summed E-state index contributed by atoms with van der Waals surface area (Å²) in [6.07, 6.45) is 3.60. The second-order valence-corrected chi connectivity index (χ2v) is 8.58. The van der Waals surface area contributed by atoms with Crippen molar-refractivity contribution in [3.05, 3.63) is 40.8 Å². The number of carbonyl (C=O) groups excluding carboxylic acids is 3. The molecule has 0 atom stereocenters. The molecule has 0 aromatic heterocycles. The molecule has 3 amide bonds. The van der Waals surface area contributed by atoms with E-state index in [9.17, 15) is 14.4 Å². The summed E-state index contributed by atoms with van der Waals surface area (Å²) in [4.78, 5) is 41.1. The molecule has 7 nitrogen and oxygen atoms in total. The van der Waals surface area contributed by atoms with Gasteiger partial charge in [0.1, 0.15) is 18.0 Å². The molecule has 32 heavy (non-hydrogen) atoms. The summed E-state index contributed by atoms with van der Waals surface area (Å²) < 4.78 is 11.5. The van der Waals surface area contributed by atoms with Crippen molar-refractivity contribution < 1.29 is 23.9 Å². The molecule has 4 rings (SSSR count). The van der Waals surface area contributed by atoms with Crippen LogP contribution in [0, 0.1) is 0 Å². The summed E-state index contributed by atoms with van der Waals surface area (Å²) in [5, 5.41) is 1.40. The van der Waals surface area contributed by atoms with E-state index < -0.39 is 11.1 Å². The number of hydrogen-bond donors (Lipinski definition) is 0. The van der Waals surface area contributed by atoms with Gasteiger partial charge in [-0.1, -0.05) is 12.1 Å². The maximum absolute atomic E-state index is 13.0. The highest BCUT2D eigenvalue weighted by atomic mass is 32.2. The number of benzene rings is 2. The zero-order chi connectivity index (χ0) is 22.7. The van der Waals surface area contributed by atoms with Gasteiger partial charge in [0.25, 0.3) is 11.1 Å². The quantitative estimate of drug-likeness (QED) is 0.581. The van der Waals surface area contributed by atoms with Crippen molar-refractivity contribution in [2.45, 2.75) is 26.7 Å². The van der Waals surface area contributed by atoms with E-state index in [4.69, 9.17) is 9.47 Å². The zero-order valence-electron chi connectivity index (χ0n) is 18.3. The first-order valence-electron chi connectivity index (χ1n) is 10.9. The van der Waals surface area contributed by atoms with E-state index in [0.717, 1.165) is 40.3 Å². The van der Waals surface area contributed by atoms with Crippen molar-refractivity contribution in [2.24, 2.45) is 0 Å². The Bertz CT molecular complexity index is 1090. The number of nitrogens with zero attached hydrogens (tertiary/aromatic N) is 2. The van der Waals surface area contributed by atoms with Gasteiger partial charge in [0, 0.05) is 18.7 Å². The second kappa shape index (κ2) is 9.65. The molecule has 2 heterocycles. The van der Waals surface area contributed by atoms with Crippen molar-refractivity contribution in [1.29, 1.82) is 0 Å². The van der Waals surface area contributed by atoms with Crippen LogP contribution in [-0.4, -0.2) is 59.7 Å². The standard InChI is InChI=1S/C24H26N2O5S/c1-3-30-17-9-7-16-8-10-20(31-4-2)19(18(16)13-17)14-21-23(28)26(24(29)32-21)15-22(27)25-11-5-6-12-25/h7-10,13-14H,3-6,11-12,15H2,1-2H3/b21-14-. The van der Waals surface area contributed by atoms with Gasteiger partial charge in [-0.2, -0.15) is 0 Å². The molecule has 0 bridgehead atoms. The summed E-state index contributed by atoms with van der Waals surface area (Å²) in [7, 11) is 0. The van der Waals surface area contributed by atoms with Crippen LogP contribution in [0.2, 0.25) is 0 Å². The molecule has 2 aliphatic rings. The molecule has 168 valence electrons. The van der Waals surface area contributed by atoms with E-state index in [-0.39, 0.29) is 17.4 Å². The van der Waals surface area contributed by atoms with Crippen molar-refractivity contribution in [1.82, 2.24) is 9.80 Å². The van der Waals surface area contributed by atoms with Gasteiger partial charge in [0.2, 0.25) is 5.91 Å². The molecule has 0 spiro atoms. The molecule has 2 saturated heterocycles. The normalized spacial score (nSPS) is 17.6. The smallest absolute Gasteiger partial charge is 0.294 e. The minimum Gasteiger partial charge on any atom is -0.494 e. The molecule has 0 unspecified atom stereocenters. The highest BCUT2D eigenvalue weighted by Gasteiger charge is 2.37. The number of ether oxygens (including phenoxy) is 2. The molecule has 0 aliphatic carbocycles. The van der Waals surface area contributed by atoms with E-state index in [1.165, 1.54) is 0 Å². The first-order valence-corrected chi connectivity index (χ1v) is 11.7. The van der Waals surface area contributed by atoms with Crippen molar-refractivity contribution >= 4 is 45.7 Å². The minimum absolute atomic E-state index is 0.187. The number of amides is 3. The van der Waals surface area contributed by atoms with Gasteiger partial charge in [-0.3, -0.25) is 19.3 Å². The van der Waals surface area contributed by atoms with Crippen LogP contribution in [0.25, 0.3) is 16.8 Å². The number of thioether (sulfide) groups is 1. The fourth-order valence-corrected chi connectivity index (χ4v) is 4.78. The maximum Gasteiger partial charge on any atom is 0.294 e. The van der Waals surface area contributed by atoms with Crippen molar-refractivity contribution in [2.75, 3.05) is 32.8 Å². The van der Waals surface area contributed by atoms with Crippen LogP contribution < -0.4 is 9.47 Å². The average molecular weight is 455 g/mol. The minimum atomic E-state index is -0.451. The fourth-order valence-electron chi connectivity index (χ4n) is 3.96. The van der Waals surface area contributed by atoms with Gasteiger partial charge in [-0.25, -0.2) is 0 Å². The number of hydrogen-bond acceptors (Lipinski definition) is 6.